The third-order valence-electron chi connectivity index (χ3n) is 3.03. The van der Waals surface area contributed by atoms with Gasteiger partial charge in [-0.3, -0.25) is 0 Å². The van der Waals surface area contributed by atoms with Crippen LogP contribution in [0.2, 0.25) is 0 Å². The lowest BCUT2D eigenvalue weighted by molar-refractivity contribution is 0.0519. The molecule has 19 heavy (non-hydrogen) atoms. The Balaban J connectivity index is 2.46. The van der Waals surface area contributed by atoms with Gasteiger partial charge in [-0.2, -0.15) is 5.10 Å². The summed E-state index contributed by atoms with van der Waals surface area (Å²) in [7, 11) is 0. The maximum absolute atomic E-state index is 11.6. The van der Waals surface area contributed by atoms with Crippen LogP contribution in [-0.4, -0.2) is 22.4 Å². The van der Waals surface area contributed by atoms with Crippen molar-refractivity contribution in [3.05, 3.63) is 41.1 Å². The topological polar surface area (TPSA) is 70.1 Å². The van der Waals surface area contributed by atoms with Gasteiger partial charge in [-0.1, -0.05) is 12.1 Å². The maximum atomic E-state index is 11.6. The van der Waals surface area contributed by atoms with E-state index in [0.717, 1.165) is 16.8 Å². The number of ether oxygens (including phenoxy) is 1. The molecule has 1 aromatic carbocycles. The fourth-order valence-corrected chi connectivity index (χ4v) is 1.86. The molecule has 0 spiro atoms. The molecule has 0 radical (unpaired) electrons. The Kier molecular flexibility index (Phi) is 3.55. The highest BCUT2D eigenvalue weighted by Crippen LogP contribution is 2.20. The number of carbonyl (C=O) groups is 1. The molecule has 0 bridgehead atoms. The number of nitrogen functional groups attached to an aromatic ring is 1. The number of rotatable bonds is 3. The summed E-state index contributed by atoms with van der Waals surface area (Å²) in [5.41, 5.74) is 9.23. The molecule has 0 aliphatic carbocycles. The van der Waals surface area contributed by atoms with Gasteiger partial charge >= 0.3 is 5.97 Å². The molecule has 2 N–H and O–H groups in total. The molecule has 1 aromatic heterocycles. The molecule has 0 unspecified atom stereocenters. The van der Waals surface area contributed by atoms with E-state index in [9.17, 15) is 4.79 Å². The van der Waals surface area contributed by atoms with Crippen LogP contribution in [0.1, 0.15) is 28.5 Å². The molecule has 0 saturated heterocycles. The van der Waals surface area contributed by atoms with Crippen LogP contribution in [0.3, 0.4) is 0 Å². The zero-order valence-electron chi connectivity index (χ0n) is 11.3. The van der Waals surface area contributed by atoms with Crippen LogP contribution in [0.5, 0.6) is 0 Å². The maximum Gasteiger partial charge on any atom is 0.358 e. The number of esters is 1. The Morgan fingerprint density at radius 3 is 2.84 bits per heavy atom. The standard InChI is InChI=1S/C14H17N3O2/c1-4-19-14(18)11-8-13(15)17(16-11)12-7-5-6-9(2)10(12)3/h5-8H,4,15H2,1-3H3. The molecule has 5 nitrogen and oxygen atoms in total. The normalized spacial score (nSPS) is 10.5. The second-order valence-electron chi connectivity index (χ2n) is 4.31. The third-order valence-corrected chi connectivity index (χ3v) is 3.03. The Labute approximate surface area is 112 Å². The number of hydrogen-bond donors (Lipinski definition) is 1. The van der Waals surface area contributed by atoms with Gasteiger partial charge in [0.2, 0.25) is 0 Å². The van der Waals surface area contributed by atoms with Crippen LogP contribution in [0, 0.1) is 13.8 Å². The summed E-state index contributed by atoms with van der Waals surface area (Å²) in [6.45, 7) is 6.08. The van der Waals surface area contributed by atoms with Crippen LogP contribution >= 0.6 is 0 Å². The zero-order chi connectivity index (χ0) is 14.0. The quantitative estimate of drug-likeness (QED) is 0.858. The fourth-order valence-electron chi connectivity index (χ4n) is 1.86. The number of nitrogens with two attached hydrogens (primary N) is 1. The Morgan fingerprint density at radius 2 is 2.16 bits per heavy atom. The van der Waals surface area contributed by atoms with Crippen molar-refractivity contribution in [2.45, 2.75) is 20.8 Å². The van der Waals surface area contributed by atoms with Crippen molar-refractivity contribution < 1.29 is 9.53 Å². The molecule has 2 aromatic rings. The first-order chi connectivity index (χ1) is 9.04. The lowest BCUT2D eigenvalue weighted by Gasteiger charge is -2.09. The summed E-state index contributed by atoms with van der Waals surface area (Å²) >= 11 is 0. The van der Waals surface area contributed by atoms with E-state index in [1.165, 1.54) is 6.07 Å². The molecule has 5 heteroatoms. The number of aromatic nitrogens is 2. The second kappa shape index (κ2) is 5.14. The number of nitrogens with zero attached hydrogens (tertiary/aromatic N) is 2. The van der Waals surface area contributed by atoms with Crippen molar-refractivity contribution in [1.82, 2.24) is 9.78 Å². The predicted molar refractivity (Wildman–Crippen MR) is 73.4 cm³/mol. The number of benzene rings is 1. The Bertz CT molecular complexity index is 617. The van der Waals surface area contributed by atoms with Gasteiger partial charge in [-0.25, -0.2) is 9.48 Å². The highest BCUT2D eigenvalue weighted by molar-refractivity contribution is 5.88. The number of hydrogen-bond acceptors (Lipinski definition) is 4. The van der Waals surface area contributed by atoms with E-state index in [4.69, 9.17) is 10.5 Å². The minimum absolute atomic E-state index is 0.222. The highest BCUT2D eigenvalue weighted by Gasteiger charge is 2.15. The summed E-state index contributed by atoms with van der Waals surface area (Å²) < 4.78 is 6.48. The molecule has 1 heterocycles. The molecule has 0 aliphatic rings. The van der Waals surface area contributed by atoms with E-state index in [1.807, 2.05) is 32.0 Å². The zero-order valence-corrected chi connectivity index (χ0v) is 11.3. The van der Waals surface area contributed by atoms with Gasteiger partial charge in [0, 0.05) is 6.07 Å². The first-order valence-corrected chi connectivity index (χ1v) is 6.13. The van der Waals surface area contributed by atoms with Gasteiger partial charge in [-0.15, -0.1) is 0 Å². The van der Waals surface area contributed by atoms with Crippen LogP contribution in [-0.2, 0) is 4.74 Å². The highest BCUT2D eigenvalue weighted by atomic mass is 16.5. The second-order valence-corrected chi connectivity index (χ2v) is 4.31. The molecular weight excluding hydrogens is 242 g/mol. The summed E-state index contributed by atoms with van der Waals surface area (Å²) in [5, 5.41) is 4.22. The van der Waals surface area contributed by atoms with Crippen molar-refractivity contribution >= 4 is 11.8 Å². The molecule has 0 amide bonds. The van der Waals surface area contributed by atoms with Crippen molar-refractivity contribution in [2.75, 3.05) is 12.3 Å². The predicted octanol–water partition coefficient (Wildman–Crippen LogP) is 2.25. The summed E-state index contributed by atoms with van der Waals surface area (Å²) in [5.74, 6) is -0.0463. The molecule has 100 valence electrons. The third kappa shape index (κ3) is 2.45. The summed E-state index contributed by atoms with van der Waals surface area (Å²) in [6, 6.07) is 7.40. The average Bonchev–Trinajstić information content (AvgIpc) is 2.75. The first kappa shape index (κ1) is 13.1. The molecule has 0 aliphatic heterocycles. The van der Waals surface area contributed by atoms with Gasteiger partial charge in [0.25, 0.3) is 0 Å². The van der Waals surface area contributed by atoms with Crippen molar-refractivity contribution in [3.8, 4) is 5.69 Å². The van der Waals surface area contributed by atoms with Gasteiger partial charge < -0.3 is 10.5 Å². The van der Waals surface area contributed by atoms with Crippen molar-refractivity contribution in [2.24, 2.45) is 0 Å². The van der Waals surface area contributed by atoms with Gasteiger partial charge in [0.15, 0.2) is 5.69 Å². The lowest BCUT2D eigenvalue weighted by atomic mass is 10.1. The minimum Gasteiger partial charge on any atom is -0.461 e. The van der Waals surface area contributed by atoms with Crippen molar-refractivity contribution in [3.63, 3.8) is 0 Å². The molecule has 0 saturated carbocycles. The van der Waals surface area contributed by atoms with E-state index < -0.39 is 5.97 Å². The Hall–Kier alpha value is -2.30. The molecular formula is C14H17N3O2. The molecule has 0 atom stereocenters. The number of aryl methyl sites for hydroxylation is 1. The van der Waals surface area contributed by atoms with Crippen LogP contribution in [0.25, 0.3) is 5.69 Å². The van der Waals surface area contributed by atoms with Gasteiger partial charge in [0.1, 0.15) is 5.82 Å². The fraction of sp³-hybridized carbons (Fsp3) is 0.286. The van der Waals surface area contributed by atoms with Gasteiger partial charge in [0.05, 0.1) is 12.3 Å². The monoisotopic (exact) mass is 259 g/mol. The number of anilines is 1. The van der Waals surface area contributed by atoms with E-state index in [2.05, 4.69) is 5.10 Å². The number of carbonyl (C=O) groups excluding carboxylic acids is 1. The molecule has 0 fully saturated rings. The van der Waals surface area contributed by atoms with E-state index in [1.54, 1.807) is 11.6 Å². The van der Waals surface area contributed by atoms with E-state index in [-0.39, 0.29) is 5.69 Å². The lowest BCUT2D eigenvalue weighted by Crippen LogP contribution is -2.08. The van der Waals surface area contributed by atoms with E-state index in [0.29, 0.717) is 12.4 Å². The summed E-state index contributed by atoms with van der Waals surface area (Å²) in [6.07, 6.45) is 0. The smallest absolute Gasteiger partial charge is 0.358 e. The van der Waals surface area contributed by atoms with Crippen LogP contribution in [0.15, 0.2) is 24.3 Å². The van der Waals surface area contributed by atoms with Crippen LogP contribution in [0.4, 0.5) is 5.82 Å². The van der Waals surface area contributed by atoms with Gasteiger partial charge in [-0.05, 0) is 38.0 Å². The largest absolute Gasteiger partial charge is 0.461 e. The Morgan fingerprint density at radius 1 is 1.42 bits per heavy atom. The summed E-state index contributed by atoms with van der Waals surface area (Å²) in [4.78, 5) is 11.6. The van der Waals surface area contributed by atoms with E-state index >= 15 is 0 Å². The SMILES string of the molecule is CCOC(=O)c1cc(N)n(-c2cccc(C)c2C)n1. The van der Waals surface area contributed by atoms with Crippen LogP contribution < -0.4 is 5.73 Å². The average molecular weight is 259 g/mol. The first-order valence-electron chi connectivity index (χ1n) is 6.13. The molecule has 2 rings (SSSR count). The minimum atomic E-state index is -0.460. The van der Waals surface area contributed by atoms with Crippen molar-refractivity contribution in [1.29, 1.82) is 0 Å².